The highest BCUT2D eigenvalue weighted by molar-refractivity contribution is 6.09. The van der Waals surface area contributed by atoms with Gasteiger partial charge in [0, 0.05) is 5.56 Å². The molecule has 1 aromatic rings. The van der Waals surface area contributed by atoms with Gasteiger partial charge in [0.05, 0.1) is 0 Å². The molecule has 0 spiro atoms. The molecule has 0 heterocycles. The summed E-state index contributed by atoms with van der Waals surface area (Å²) in [6.45, 7) is 11.1. The summed E-state index contributed by atoms with van der Waals surface area (Å²) in [6.07, 6.45) is 5.71. The number of benzene rings is 1. The highest BCUT2D eigenvalue weighted by Gasteiger charge is 2.14. The molecule has 1 atom stereocenters. The smallest absolute Gasteiger partial charge is 0.188 e. The van der Waals surface area contributed by atoms with Gasteiger partial charge in [-0.05, 0) is 37.2 Å². The van der Waals surface area contributed by atoms with Gasteiger partial charge in [0.15, 0.2) is 5.78 Å². The number of hydrogen-bond donors (Lipinski definition) is 0. The van der Waals surface area contributed by atoms with Crippen molar-refractivity contribution in [3.63, 3.8) is 0 Å². The van der Waals surface area contributed by atoms with Gasteiger partial charge >= 0.3 is 0 Å². The van der Waals surface area contributed by atoms with Crippen molar-refractivity contribution in [1.29, 1.82) is 0 Å². The number of allylic oxidation sites excluding steroid dienone is 2. The zero-order chi connectivity index (χ0) is 16.5. The predicted octanol–water partition coefficient (Wildman–Crippen LogP) is 6.45. The summed E-state index contributed by atoms with van der Waals surface area (Å²) in [5.74, 6) is 1.65. The van der Waals surface area contributed by atoms with Gasteiger partial charge in [-0.1, -0.05) is 82.9 Å². The average Bonchev–Trinajstić information content (AvgIpc) is 2.48. The van der Waals surface area contributed by atoms with E-state index in [1.807, 2.05) is 30.3 Å². The number of hydrogen-bond acceptors (Lipinski definition) is 1. The molecule has 1 heteroatoms. The van der Waals surface area contributed by atoms with E-state index in [9.17, 15) is 4.79 Å². The second-order valence-electron chi connectivity index (χ2n) is 6.94. The molecular weight excluding hydrogens is 268 g/mol. The first kappa shape index (κ1) is 18.7. The van der Waals surface area contributed by atoms with Crippen molar-refractivity contribution < 1.29 is 4.79 Å². The molecule has 0 saturated heterocycles. The third kappa shape index (κ3) is 6.17. The van der Waals surface area contributed by atoms with E-state index in [0.717, 1.165) is 29.9 Å². The molecule has 0 aliphatic heterocycles. The third-order valence-corrected chi connectivity index (χ3v) is 4.31. The van der Waals surface area contributed by atoms with Crippen LogP contribution in [0.1, 0.15) is 77.1 Å². The number of carbonyl (C=O) groups is 1. The molecule has 0 aromatic heterocycles. The summed E-state index contributed by atoms with van der Waals surface area (Å²) in [5, 5.41) is 0. The molecular formula is C21H32O. The van der Waals surface area contributed by atoms with Gasteiger partial charge in [0.2, 0.25) is 0 Å². The van der Waals surface area contributed by atoms with Crippen LogP contribution in [0.2, 0.25) is 0 Å². The van der Waals surface area contributed by atoms with Crippen LogP contribution in [0.25, 0.3) is 0 Å². The van der Waals surface area contributed by atoms with Crippen LogP contribution in [0, 0.1) is 11.8 Å². The molecule has 0 N–H and O–H groups in total. The van der Waals surface area contributed by atoms with Crippen molar-refractivity contribution in [3.8, 4) is 0 Å². The minimum absolute atomic E-state index is 0.204. The first-order valence-electron chi connectivity index (χ1n) is 8.74. The third-order valence-electron chi connectivity index (χ3n) is 4.31. The van der Waals surface area contributed by atoms with Crippen LogP contribution in [0.4, 0.5) is 0 Å². The lowest BCUT2D eigenvalue weighted by Gasteiger charge is -2.15. The van der Waals surface area contributed by atoms with Crippen LogP contribution < -0.4 is 0 Å². The largest absolute Gasteiger partial charge is 0.289 e. The zero-order valence-corrected chi connectivity index (χ0v) is 15.0. The molecule has 1 nitrogen and oxygen atoms in total. The first-order valence-corrected chi connectivity index (χ1v) is 8.74. The van der Waals surface area contributed by atoms with Gasteiger partial charge in [-0.15, -0.1) is 0 Å². The molecule has 0 aliphatic rings. The molecule has 0 bridgehead atoms. The highest BCUT2D eigenvalue weighted by Crippen LogP contribution is 2.24. The van der Waals surface area contributed by atoms with Crippen molar-refractivity contribution >= 4 is 5.78 Å². The van der Waals surface area contributed by atoms with E-state index in [1.165, 1.54) is 24.8 Å². The highest BCUT2D eigenvalue weighted by atomic mass is 16.1. The zero-order valence-electron chi connectivity index (χ0n) is 15.0. The Labute approximate surface area is 136 Å². The molecule has 0 amide bonds. The van der Waals surface area contributed by atoms with Crippen LogP contribution >= 0.6 is 0 Å². The van der Waals surface area contributed by atoms with Crippen molar-refractivity contribution in [2.75, 3.05) is 0 Å². The number of rotatable bonds is 9. The molecule has 1 aromatic carbocycles. The minimum atomic E-state index is 0.204. The maximum Gasteiger partial charge on any atom is 0.188 e. The fraction of sp³-hybridized carbons (Fsp3) is 0.571. The Bertz CT molecular complexity index is 482. The maximum atomic E-state index is 12.6. The normalized spacial score (nSPS) is 13.9. The molecule has 1 unspecified atom stereocenters. The lowest BCUT2D eigenvalue weighted by atomic mass is 9.89. The van der Waals surface area contributed by atoms with Gasteiger partial charge < -0.3 is 0 Å². The molecule has 22 heavy (non-hydrogen) atoms. The van der Waals surface area contributed by atoms with Crippen LogP contribution in [-0.2, 0) is 0 Å². The Morgan fingerprint density at radius 3 is 2.23 bits per heavy atom. The monoisotopic (exact) mass is 300 g/mol. The Morgan fingerprint density at radius 2 is 1.68 bits per heavy atom. The van der Waals surface area contributed by atoms with E-state index < -0.39 is 0 Å². The molecule has 1 rings (SSSR count). The van der Waals surface area contributed by atoms with Crippen molar-refractivity contribution in [2.24, 2.45) is 11.8 Å². The van der Waals surface area contributed by atoms with Crippen molar-refractivity contribution in [3.05, 3.63) is 47.0 Å². The second-order valence-corrected chi connectivity index (χ2v) is 6.94. The summed E-state index contributed by atoms with van der Waals surface area (Å²) in [5.41, 5.74) is 3.08. The number of ketones is 1. The van der Waals surface area contributed by atoms with Gasteiger partial charge in [0.25, 0.3) is 0 Å². The summed E-state index contributed by atoms with van der Waals surface area (Å²) in [7, 11) is 0. The van der Waals surface area contributed by atoms with Gasteiger partial charge in [0.1, 0.15) is 0 Å². The Morgan fingerprint density at radius 1 is 1.05 bits per heavy atom. The standard InChI is InChI=1S/C21H32O/c1-6-20(21(22)19-13-8-7-9-14-19)18(5)15-17(4)12-10-11-16(2)3/h7-9,13-14,16-17H,6,10-12,15H2,1-5H3/b20-18+. The minimum Gasteiger partial charge on any atom is -0.289 e. The van der Waals surface area contributed by atoms with E-state index in [1.54, 1.807) is 0 Å². The first-order chi connectivity index (χ1) is 10.5. The number of carbonyl (C=O) groups excluding carboxylic acids is 1. The van der Waals surface area contributed by atoms with Crippen molar-refractivity contribution in [1.82, 2.24) is 0 Å². The fourth-order valence-electron chi connectivity index (χ4n) is 3.04. The lowest BCUT2D eigenvalue weighted by molar-refractivity contribution is 0.103. The molecule has 0 aliphatic carbocycles. The molecule has 0 radical (unpaired) electrons. The van der Waals surface area contributed by atoms with E-state index in [0.29, 0.717) is 5.92 Å². The van der Waals surface area contributed by atoms with E-state index >= 15 is 0 Å². The van der Waals surface area contributed by atoms with Gasteiger partial charge in [-0.25, -0.2) is 0 Å². The average molecular weight is 300 g/mol. The SMILES string of the molecule is CC/C(C(=O)c1ccccc1)=C(/C)CC(C)CCCC(C)C. The molecule has 0 saturated carbocycles. The second kappa shape index (κ2) is 9.61. The van der Waals surface area contributed by atoms with E-state index in [2.05, 4.69) is 34.6 Å². The van der Waals surface area contributed by atoms with Gasteiger partial charge in [-0.2, -0.15) is 0 Å². The van der Waals surface area contributed by atoms with E-state index in [-0.39, 0.29) is 5.78 Å². The van der Waals surface area contributed by atoms with Crippen LogP contribution in [0.15, 0.2) is 41.5 Å². The fourth-order valence-corrected chi connectivity index (χ4v) is 3.04. The van der Waals surface area contributed by atoms with Gasteiger partial charge in [-0.3, -0.25) is 4.79 Å². The summed E-state index contributed by atoms with van der Waals surface area (Å²) < 4.78 is 0. The molecule has 0 fully saturated rings. The maximum absolute atomic E-state index is 12.6. The molecule has 122 valence electrons. The lowest BCUT2D eigenvalue weighted by Crippen LogP contribution is -2.07. The summed E-state index contributed by atoms with van der Waals surface area (Å²) in [6, 6.07) is 9.65. The van der Waals surface area contributed by atoms with Crippen LogP contribution in [0.3, 0.4) is 0 Å². The number of Topliss-reactive ketones (excluding diaryl/α,β-unsaturated/α-hetero) is 1. The van der Waals surface area contributed by atoms with E-state index in [4.69, 9.17) is 0 Å². The van der Waals surface area contributed by atoms with Crippen molar-refractivity contribution in [2.45, 2.75) is 66.7 Å². The van der Waals surface area contributed by atoms with Crippen LogP contribution in [0.5, 0.6) is 0 Å². The Hall–Kier alpha value is -1.37. The predicted molar refractivity (Wildman–Crippen MR) is 96.2 cm³/mol. The summed E-state index contributed by atoms with van der Waals surface area (Å²) >= 11 is 0. The topological polar surface area (TPSA) is 17.1 Å². The quantitative estimate of drug-likeness (QED) is 0.378. The Kier molecular flexibility index (Phi) is 8.16. The summed E-state index contributed by atoms with van der Waals surface area (Å²) in [4.78, 5) is 12.6. The Balaban J connectivity index is 2.69. The van der Waals surface area contributed by atoms with Crippen LogP contribution in [-0.4, -0.2) is 5.78 Å².